The first kappa shape index (κ1) is 17.4. The molecule has 1 unspecified atom stereocenters. The molecular weight excluding hydrogens is 386 g/mol. The van der Waals surface area contributed by atoms with Crippen LogP contribution in [0.5, 0.6) is 0 Å². The molecule has 6 heteroatoms. The van der Waals surface area contributed by atoms with Crippen LogP contribution in [-0.2, 0) is 0 Å². The number of rotatable bonds is 4. The van der Waals surface area contributed by atoms with Crippen LogP contribution in [0.1, 0.15) is 23.7 Å². The van der Waals surface area contributed by atoms with Crippen LogP contribution in [0.4, 0.5) is 11.4 Å². The van der Waals surface area contributed by atoms with E-state index in [0.717, 1.165) is 38.3 Å². The fourth-order valence-electron chi connectivity index (χ4n) is 3.62. The van der Waals surface area contributed by atoms with E-state index < -0.39 is 4.75 Å². The second-order valence-corrected chi connectivity index (χ2v) is 9.47. The number of nitrogens with zero attached hydrogens (tertiary/aromatic N) is 2. The number of benzene rings is 2. The predicted molar refractivity (Wildman–Crippen MR) is 118 cm³/mol. The van der Waals surface area contributed by atoms with Crippen molar-refractivity contribution < 1.29 is 4.79 Å². The van der Waals surface area contributed by atoms with Crippen LogP contribution in [-0.4, -0.2) is 20.5 Å². The van der Waals surface area contributed by atoms with Crippen molar-refractivity contribution in [2.24, 2.45) is 0 Å². The van der Waals surface area contributed by atoms with E-state index in [0.29, 0.717) is 6.42 Å². The van der Waals surface area contributed by atoms with E-state index in [1.807, 2.05) is 36.7 Å². The maximum absolute atomic E-state index is 12.9. The van der Waals surface area contributed by atoms with Crippen LogP contribution >= 0.6 is 23.1 Å². The first-order chi connectivity index (χ1) is 13.6. The lowest BCUT2D eigenvalue weighted by Gasteiger charge is -2.17. The molecule has 0 amide bonds. The molecular formula is C22H17N3OS2. The zero-order valence-electron chi connectivity index (χ0n) is 15.2. The molecule has 0 aliphatic carbocycles. The number of nitrogens with one attached hydrogen (secondary N) is 1. The number of ketones is 1. The van der Waals surface area contributed by atoms with Gasteiger partial charge in [0.25, 0.3) is 0 Å². The summed E-state index contributed by atoms with van der Waals surface area (Å²) in [5.74, 6) is 0.156. The average Bonchev–Trinajstić information content (AvgIpc) is 3.24. The van der Waals surface area contributed by atoms with E-state index in [1.165, 1.54) is 4.70 Å². The minimum Gasteiger partial charge on any atom is -0.355 e. The van der Waals surface area contributed by atoms with Gasteiger partial charge < -0.3 is 5.32 Å². The van der Waals surface area contributed by atoms with Gasteiger partial charge in [0.05, 0.1) is 26.0 Å². The second-order valence-electron chi connectivity index (χ2n) is 7.04. The summed E-state index contributed by atoms with van der Waals surface area (Å²) < 4.78 is 0.685. The Hall–Kier alpha value is -2.70. The number of pyridine rings is 1. The first-order valence-corrected chi connectivity index (χ1v) is 10.6. The maximum Gasteiger partial charge on any atom is 0.180 e. The normalized spacial score (nSPS) is 18.5. The Morgan fingerprint density at radius 2 is 2.07 bits per heavy atom. The summed E-state index contributed by atoms with van der Waals surface area (Å²) in [5.41, 5.74) is 6.36. The Labute approximate surface area is 170 Å². The number of thioether (sulfide) groups is 1. The highest BCUT2D eigenvalue weighted by molar-refractivity contribution is 8.02. The molecule has 4 nitrogen and oxygen atoms in total. The number of fused-ring (bicyclic) bond motifs is 3. The van der Waals surface area contributed by atoms with Gasteiger partial charge in [-0.2, -0.15) is 0 Å². The number of Topliss-reactive ketones (excluding diaryl/α,β-unsaturated/α-hetero) is 1. The van der Waals surface area contributed by atoms with E-state index in [-0.39, 0.29) is 5.78 Å². The molecule has 28 heavy (non-hydrogen) atoms. The molecule has 2 aromatic heterocycles. The Kier molecular flexibility index (Phi) is 4.00. The van der Waals surface area contributed by atoms with E-state index in [4.69, 9.17) is 0 Å². The summed E-state index contributed by atoms with van der Waals surface area (Å²) in [4.78, 5) is 22.8. The third kappa shape index (κ3) is 2.72. The van der Waals surface area contributed by atoms with E-state index in [1.54, 1.807) is 29.3 Å². The van der Waals surface area contributed by atoms with Crippen molar-refractivity contribution in [2.45, 2.75) is 23.0 Å². The van der Waals surface area contributed by atoms with Gasteiger partial charge in [0.1, 0.15) is 0 Å². The van der Waals surface area contributed by atoms with Gasteiger partial charge in [-0.1, -0.05) is 6.08 Å². The first-order valence-electron chi connectivity index (χ1n) is 8.95. The van der Waals surface area contributed by atoms with Gasteiger partial charge >= 0.3 is 0 Å². The van der Waals surface area contributed by atoms with Gasteiger partial charge in [0, 0.05) is 33.4 Å². The summed E-state index contributed by atoms with van der Waals surface area (Å²) in [6.45, 7) is 5.80. The van der Waals surface area contributed by atoms with Crippen LogP contribution in [0.3, 0.4) is 0 Å². The fourth-order valence-corrected chi connectivity index (χ4v) is 5.60. The summed E-state index contributed by atoms with van der Waals surface area (Å²) >= 11 is 3.25. The van der Waals surface area contributed by atoms with Crippen molar-refractivity contribution in [1.29, 1.82) is 0 Å². The monoisotopic (exact) mass is 403 g/mol. The number of allylic oxidation sites excluding steroid dienone is 1. The molecule has 2 aromatic carbocycles. The standard InChI is InChI=1S/C22H17N3OS2/c1-3-7-22(2)21(26)15-10-17-14(11-20(15)28-22)16(6-8-23-17)25-13-4-5-19-18(9-13)24-12-27-19/h3-6,8-12H,1,7H2,2H3,(H,23,25). The Bertz CT molecular complexity index is 1260. The molecule has 0 saturated carbocycles. The topological polar surface area (TPSA) is 54.9 Å². The predicted octanol–water partition coefficient (Wildman–Crippen LogP) is 6.21. The number of anilines is 2. The summed E-state index contributed by atoms with van der Waals surface area (Å²) in [6, 6.07) is 12.1. The summed E-state index contributed by atoms with van der Waals surface area (Å²) in [7, 11) is 0. The SMILES string of the molecule is C=CCC1(C)Sc2cc3c(Nc4ccc5scnc5c4)ccnc3cc2C1=O. The summed E-state index contributed by atoms with van der Waals surface area (Å²) in [6.07, 6.45) is 4.23. The minimum absolute atomic E-state index is 0.156. The van der Waals surface area contributed by atoms with Crippen molar-refractivity contribution >= 4 is 61.4 Å². The number of carbonyl (C=O) groups is 1. The molecule has 0 bridgehead atoms. The molecule has 0 fully saturated rings. The number of aromatic nitrogens is 2. The molecule has 138 valence electrons. The van der Waals surface area contributed by atoms with Gasteiger partial charge in [-0.05, 0) is 49.7 Å². The molecule has 1 aliphatic heterocycles. The molecule has 3 heterocycles. The highest BCUT2D eigenvalue weighted by Crippen LogP contribution is 2.48. The molecule has 0 spiro atoms. The number of thiazole rings is 1. The summed E-state index contributed by atoms with van der Waals surface area (Å²) in [5, 5.41) is 4.49. The van der Waals surface area contributed by atoms with E-state index >= 15 is 0 Å². The van der Waals surface area contributed by atoms with Crippen molar-refractivity contribution in [3.05, 3.63) is 66.3 Å². The zero-order valence-corrected chi connectivity index (χ0v) is 16.9. The molecule has 0 radical (unpaired) electrons. The lowest BCUT2D eigenvalue weighted by molar-refractivity contribution is 0.0955. The number of hydrogen-bond acceptors (Lipinski definition) is 6. The number of carbonyl (C=O) groups excluding carboxylic acids is 1. The van der Waals surface area contributed by atoms with Gasteiger partial charge in [0.15, 0.2) is 5.78 Å². The fraction of sp³-hybridized carbons (Fsp3) is 0.136. The van der Waals surface area contributed by atoms with Crippen LogP contribution in [0.2, 0.25) is 0 Å². The molecule has 0 saturated heterocycles. The van der Waals surface area contributed by atoms with Gasteiger partial charge in [-0.25, -0.2) is 4.98 Å². The van der Waals surface area contributed by atoms with Gasteiger partial charge in [0.2, 0.25) is 0 Å². The van der Waals surface area contributed by atoms with Crippen molar-refractivity contribution in [2.75, 3.05) is 5.32 Å². The third-order valence-electron chi connectivity index (χ3n) is 5.05. The molecule has 1 N–H and O–H groups in total. The number of hydrogen-bond donors (Lipinski definition) is 1. The van der Waals surface area contributed by atoms with Crippen LogP contribution in [0.15, 0.2) is 65.7 Å². The van der Waals surface area contributed by atoms with Crippen LogP contribution in [0, 0.1) is 0 Å². The van der Waals surface area contributed by atoms with Crippen LogP contribution in [0.25, 0.3) is 21.1 Å². The molecule has 1 aliphatic rings. The van der Waals surface area contributed by atoms with Gasteiger partial charge in [-0.3, -0.25) is 9.78 Å². The lowest BCUT2D eigenvalue weighted by Crippen LogP contribution is -2.26. The van der Waals surface area contributed by atoms with Crippen molar-refractivity contribution in [1.82, 2.24) is 9.97 Å². The highest BCUT2D eigenvalue weighted by Gasteiger charge is 2.41. The molecule has 4 aromatic rings. The van der Waals surface area contributed by atoms with E-state index in [9.17, 15) is 4.79 Å². The highest BCUT2D eigenvalue weighted by atomic mass is 32.2. The van der Waals surface area contributed by atoms with Crippen LogP contribution < -0.4 is 5.32 Å². The molecule has 5 rings (SSSR count). The zero-order chi connectivity index (χ0) is 19.3. The molecule has 1 atom stereocenters. The second kappa shape index (κ2) is 6.43. The van der Waals surface area contributed by atoms with Crippen molar-refractivity contribution in [3.8, 4) is 0 Å². The quantitative estimate of drug-likeness (QED) is 0.410. The van der Waals surface area contributed by atoms with Crippen molar-refractivity contribution in [3.63, 3.8) is 0 Å². The Morgan fingerprint density at radius 1 is 1.18 bits per heavy atom. The lowest BCUT2D eigenvalue weighted by atomic mass is 9.95. The largest absolute Gasteiger partial charge is 0.355 e. The minimum atomic E-state index is -0.481. The Morgan fingerprint density at radius 3 is 2.93 bits per heavy atom. The smallest absolute Gasteiger partial charge is 0.180 e. The third-order valence-corrected chi connectivity index (χ3v) is 7.22. The maximum atomic E-state index is 12.9. The van der Waals surface area contributed by atoms with E-state index in [2.05, 4.69) is 40.1 Å². The average molecular weight is 404 g/mol. The van der Waals surface area contributed by atoms with Gasteiger partial charge in [-0.15, -0.1) is 29.7 Å². The Balaban J connectivity index is 1.58.